The van der Waals surface area contributed by atoms with Crippen LogP contribution in [0.1, 0.15) is 45.6 Å². The van der Waals surface area contributed by atoms with E-state index in [0.29, 0.717) is 19.1 Å². The van der Waals surface area contributed by atoms with Crippen LogP contribution in [0.4, 0.5) is 0 Å². The second-order valence-corrected chi connectivity index (χ2v) is 6.82. The molecule has 1 aromatic rings. The smallest absolute Gasteiger partial charge is 0.163 e. The molecular weight excluding hydrogens is 288 g/mol. The van der Waals surface area contributed by atoms with Crippen molar-refractivity contribution in [3.05, 3.63) is 48.0 Å². The van der Waals surface area contributed by atoms with Gasteiger partial charge < -0.3 is 14.2 Å². The van der Waals surface area contributed by atoms with Crippen LogP contribution in [0, 0.1) is 5.92 Å². The molecule has 23 heavy (non-hydrogen) atoms. The molecule has 1 aliphatic rings. The molecule has 0 N–H and O–H groups in total. The summed E-state index contributed by atoms with van der Waals surface area (Å²) in [5.74, 6) is 0.235. The molecule has 0 aliphatic carbocycles. The standard InChI is InChI=1S/C20H30O3/c1-17(9-7-13-19-16-22-20(2,3)23-19)10-8-14-21-15-18-11-5-4-6-12-18/h4-7,11-13,17,19H,8-10,14-16H2,1-3H3/b13-7+/t17-,19-/m1/s1. The topological polar surface area (TPSA) is 27.7 Å². The van der Waals surface area contributed by atoms with Gasteiger partial charge in [-0.3, -0.25) is 0 Å². The van der Waals surface area contributed by atoms with Gasteiger partial charge in [0.2, 0.25) is 0 Å². The lowest BCUT2D eigenvalue weighted by atomic mass is 10.0. The van der Waals surface area contributed by atoms with Gasteiger partial charge in [-0.2, -0.15) is 0 Å². The Morgan fingerprint density at radius 2 is 2.09 bits per heavy atom. The van der Waals surface area contributed by atoms with E-state index >= 15 is 0 Å². The van der Waals surface area contributed by atoms with Gasteiger partial charge in [0.15, 0.2) is 5.79 Å². The first kappa shape index (κ1) is 18.2. The average Bonchev–Trinajstić information content (AvgIpc) is 2.87. The molecule has 0 unspecified atom stereocenters. The Kier molecular flexibility index (Phi) is 7.28. The zero-order valence-electron chi connectivity index (χ0n) is 14.7. The predicted octanol–water partition coefficient (Wildman–Crippen LogP) is 4.72. The first-order valence-corrected chi connectivity index (χ1v) is 8.65. The van der Waals surface area contributed by atoms with E-state index in [4.69, 9.17) is 14.2 Å². The Labute approximate surface area is 140 Å². The fourth-order valence-electron chi connectivity index (χ4n) is 2.69. The third-order valence-electron chi connectivity index (χ3n) is 4.02. The van der Waals surface area contributed by atoms with Crippen molar-refractivity contribution in [2.24, 2.45) is 5.92 Å². The maximum Gasteiger partial charge on any atom is 0.163 e. The second kappa shape index (κ2) is 9.21. The highest BCUT2D eigenvalue weighted by Crippen LogP contribution is 2.23. The second-order valence-electron chi connectivity index (χ2n) is 6.82. The quantitative estimate of drug-likeness (QED) is 0.487. The summed E-state index contributed by atoms with van der Waals surface area (Å²) in [7, 11) is 0. The van der Waals surface area contributed by atoms with E-state index in [1.807, 2.05) is 32.0 Å². The van der Waals surface area contributed by atoms with Gasteiger partial charge in [0, 0.05) is 6.61 Å². The fraction of sp³-hybridized carbons (Fsp3) is 0.600. The third kappa shape index (κ3) is 7.30. The zero-order chi connectivity index (χ0) is 16.5. The fourth-order valence-corrected chi connectivity index (χ4v) is 2.69. The molecule has 1 aromatic carbocycles. The number of benzene rings is 1. The van der Waals surface area contributed by atoms with Crippen LogP contribution in [0.25, 0.3) is 0 Å². The van der Waals surface area contributed by atoms with E-state index in [1.54, 1.807) is 0 Å². The number of hydrogen-bond donors (Lipinski definition) is 0. The number of allylic oxidation sites excluding steroid dienone is 1. The Hall–Kier alpha value is -1.16. The molecule has 1 aliphatic heterocycles. The molecule has 1 fully saturated rings. The first-order valence-electron chi connectivity index (χ1n) is 8.65. The van der Waals surface area contributed by atoms with E-state index in [1.165, 1.54) is 12.0 Å². The van der Waals surface area contributed by atoms with Crippen molar-refractivity contribution in [3.63, 3.8) is 0 Å². The van der Waals surface area contributed by atoms with Crippen LogP contribution in [0.5, 0.6) is 0 Å². The molecule has 0 spiro atoms. The van der Waals surface area contributed by atoms with E-state index < -0.39 is 5.79 Å². The Morgan fingerprint density at radius 1 is 1.30 bits per heavy atom. The lowest BCUT2D eigenvalue weighted by Gasteiger charge is -2.15. The van der Waals surface area contributed by atoms with Crippen LogP contribution in [-0.4, -0.2) is 25.1 Å². The van der Waals surface area contributed by atoms with Crippen molar-refractivity contribution in [1.29, 1.82) is 0 Å². The molecule has 0 radical (unpaired) electrons. The molecule has 0 bridgehead atoms. The summed E-state index contributed by atoms with van der Waals surface area (Å²) >= 11 is 0. The van der Waals surface area contributed by atoms with Crippen LogP contribution >= 0.6 is 0 Å². The molecule has 2 rings (SSSR count). The summed E-state index contributed by atoms with van der Waals surface area (Å²) in [4.78, 5) is 0. The molecule has 0 aromatic heterocycles. The van der Waals surface area contributed by atoms with Gasteiger partial charge in [-0.25, -0.2) is 0 Å². The summed E-state index contributed by atoms with van der Waals surface area (Å²) in [5.41, 5.74) is 1.24. The summed E-state index contributed by atoms with van der Waals surface area (Å²) < 4.78 is 17.0. The zero-order valence-corrected chi connectivity index (χ0v) is 14.7. The lowest BCUT2D eigenvalue weighted by Crippen LogP contribution is -2.20. The predicted molar refractivity (Wildman–Crippen MR) is 93.2 cm³/mol. The minimum Gasteiger partial charge on any atom is -0.377 e. The Morgan fingerprint density at radius 3 is 2.78 bits per heavy atom. The number of hydrogen-bond acceptors (Lipinski definition) is 3. The van der Waals surface area contributed by atoms with Crippen LogP contribution < -0.4 is 0 Å². The van der Waals surface area contributed by atoms with Gasteiger partial charge in [0.25, 0.3) is 0 Å². The third-order valence-corrected chi connectivity index (χ3v) is 4.02. The first-order chi connectivity index (χ1) is 11.1. The maximum atomic E-state index is 5.76. The van der Waals surface area contributed by atoms with Gasteiger partial charge in [0.05, 0.1) is 13.2 Å². The molecule has 0 amide bonds. The van der Waals surface area contributed by atoms with Gasteiger partial charge in [-0.15, -0.1) is 0 Å². The molecule has 2 atom stereocenters. The molecule has 0 saturated carbocycles. The van der Waals surface area contributed by atoms with Crippen LogP contribution in [0.3, 0.4) is 0 Å². The summed E-state index contributed by atoms with van der Waals surface area (Å²) in [6.07, 6.45) is 7.84. The molecular formula is C20H30O3. The molecule has 1 saturated heterocycles. The van der Waals surface area contributed by atoms with Crippen molar-refractivity contribution in [3.8, 4) is 0 Å². The van der Waals surface area contributed by atoms with Gasteiger partial charge in [-0.05, 0) is 44.6 Å². The van der Waals surface area contributed by atoms with Gasteiger partial charge in [0.1, 0.15) is 6.10 Å². The number of ether oxygens (including phenoxy) is 3. The molecule has 3 heteroatoms. The highest BCUT2D eigenvalue weighted by molar-refractivity contribution is 5.13. The van der Waals surface area contributed by atoms with Gasteiger partial charge >= 0.3 is 0 Å². The van der Waals surface area contributed by atoms with Gasteiger partial charge in [-0.1, -0.05) is 49.4 Å². The van der Waals surface area contributed by atoms with E-state index in [-0.39, 0.29) is 6.10 Å². The van der Waals surface area contributed by atoms with E-state index in [9.17, 15) is 0 Å². The summed E-state index contributed by atoms with van der Waals surface area (Å²) in [5, 5.41) is 0. The average molecular weight is 318 g/mol. The minimum atomic E-state index is -0.434. The Balaban J connectivity index is 1.51. The minimum absolute atomic E-state index is 0.103. The largest absolute Gasteiger partial charge is 0.377 e. The molecule has 128 valence electrons. The SMILES string of the molecule is C[C@H](C/C=C/[C@@H]1COC(C)(C)O1)CCCOCc1ccccc1. The summed E-state index contributed by atoms with van der Waals surface area (Å²) in [6.45, 7) is 8.40. The molecule has 1 heterocycles. The normalized spacial score (nSPS) is 21.8. The highest BCUT2D eigenvalue weighted by Gasteiger charge is 2.30. The van der Waals surface area contributed by atoms with Crippen molar-refractivity contribution >= 4 is 0 Å². The van der Waals surface area contributed by atoms with Crippen LogP contribution in [-0.2, 0) is 20.8 Å². The van der Waals surface area contributed by atoms with E-state index in [0.717, 1.165) is 19.4 Å². The van der Waals surface area contributed by atoms with E-state index in [2.05, 4.69) is 31.2 Å². The Bertz CT molecular complexity index is 467. The van der Waals surface area contributed by atoms with Crippen molar-refractivity contribution in [1.82, 2.24) is 0 Å². The van der Waals surface area contributed by atoms with Crippen LogP contribution in [0.15, 0.2) is 42.5 Å². The number of rotatable bonds is 9. The maximum absolute atomic E-state index is 5.76. The highest BCUT2D eigenvalue weighted by atomic mass is 16.7. The van der Waals surface area contributed by atoms with Crippen molar-refractivity contribution < 1.29 is 14.2 Å². The lowest BCUT2D eigenvalue weighted by molar-refractivity contribution is -0.133. The van der Waals surface area contributed by atoms with Crippen molar-refractivity contribution in [2.75, 3.05) is 13.2 Å². The monoisotopic (exact) mass is 318 g/mol. The molecule has 3 nitrogen and oxygen atoms in total. The summed E-state index contributed by atoms with van der Waals surface area (Å²) in [6, 6.07) is 10.3. The van der Waals surface area contributed by atoms with Crippen molar-refractivity contribution in [2.45, 2.75) is 58.5 Å². The van der Waals surface area contributed by atoms with Crippen LogP contribution in [0.2, 0.25) is 0 Å².